The van der Waals surface area contributed by atoms with Crippen LogP contribution in [0.4, 0.5) is 5.82 Å². The van der Waals surface area contributed by atoms with Crippen molar-refractivity contribution in [1.29, 1.82) is 0 Å². The van der Waals surface area contributed by atoms with Crippen molar-refractivity contribution in [3.05, 3.63) is 71.9 Å². The lowest BCUT2D eigenvalue weighted by atomic mass is 10.1. The third-order valence-corrected chi connectivity index (χ3v) is 5.53. The number of aliphatic hydroxyl groups excluding tert-OH is 1. The fourth-order valence-electron chi connectivity index (χ4n) is 3.76. The van der Waals surface area contributed by atoms with E-state index >= 15 is 0 Å². The van der Waals surface area contributed by atoms with Gasteiger partial charge in [0.05, 0.1) is 25.1 Å². The second-order valence-corrected chi connectivity index (χ2v) is 8.14. The van der Waals surface area contributed by atoms with E-state index in [4.69, 9.17) is 9.84 Å². The summed E-state index contributed by atoms with van der Waals surface area (Å²) in [6, 6.07) is 12.1. The Morgan fingerprint density at radius 2 is 1.91 bits per heavy atom. The molecule has 4 aromatic rings. The Morgan fingerprint density at radius 1 is 1.09 bits per heavy atom. The Morgan fingerprint density at radius 3 is 2.68 bits per heavy atom. The minimum Gasteiger partial charge on any atom is -0.378 e. The number of aromatic nitrogens is 6. The first kappa shape index (κ1) is 21.8. The smallest absolute Gasteiger partial charge is 0.208 e. The molecule has 1 unspecified atom stereocenters. The van der Waals surface area contributed by atoms with Gasteiger partial charge in [0.25, 0.3) is 0 Å². The number of rotatable bonds is 4. The van der Waals surface area contributed by atoms with E-state index in [1.165, 1.54) is 5.56 Å². The molecular formula is C25H25N7O2. The van der Waals surface area contributed by atoms with E-state index in [1.807, 2.05) is 30.5 Å². The molecule has 1 atom stereocenters. The maximum absolute atomic E-state index is 10.4. The van der Waals surface area contributed by atoms with Gasteiger partial charge in [0.1, 0.15) is 11.9 Å². The van der Waals surface area contributed by atoms with Gasteiger partial charge in [0, 0.05) is 49.7 Å². The number of hydrogen-bond donors (Lipinski definition) is 1. The van der Waals surface area contributed by atoms with Crippen LogP contribution in [0.25, 0.3) is 17.1 Å². The summed E-state index contributed by atoms with van der Waals surface area (Å²) in [6.07, 6.45) is 4.22. The number of nitrogens with zero attached hydrogens (tertiary/aromatic N) is 7. The molecule has 172 valence electrons. The van der Waals surface area contributed by atoms with Crippen molar-refractivity contribution in [2.45, 2.75) is 13.0 Å². The number of anilines is 1. The topological polar surface area (TPSA) is 94.1 Å². The highest BCUT2D eigenvalue weighted by molar-refractivity contribution is 5.60. The van der Waals surface area contributed by atoms with Crippen molar-refractivity contribution < 1.29 is 9.84 Å². The molecule has 1 aliphatic rings. The van der Waals surface area contributed by atoms with E-state index in [0.717, 1.165) is 30.2 Å². The van der Waals surface area contributed by atoms with Crippen molar-refractivity contribution in [2.75, 3.05) is 31.2 Å². The van der Waals surface area contributed by atoms with Gasteiger partial charge < -0.3 is 14.7 Å². The van der Waals surface area contributed by atoms with Crippen LogP contribution in [0.1, 0.15) is 23.1 Å². The molecule has 9 nitrogen and oxygen atoms in total. The zero-order valence-electron chi connectivity index (χ0n) is 19.1. The van der Waals surface area contributed by atoms with Crippen LogP contribution in [0.5, 0.6) is 0 Å². The predicted octanol–water partition coefficient (Wildman–Crippen LogP) is 2.29. The van der Waals surface area contributed by atoms with Gasteiger partial charge in [-0.3, -0.25) is 4.68 Å². The molecule has 0 amide bonds. The molecule has 1 N–H and O–H groups in total. The summed E-state index contributed by atoms with van der Waals surface area (Å²) in [5, 5.41) is 19.2. The van der Waals surface area contributed by atoms with E-state index in [2.05, 4.69) is 50.9 Å². The second kappa shape index (κ2) is 9.47. The van der Waals surface area contributed by atoms with Gasteiger partial charge in [-0.05, 0) is 25.0 Å². The van der Waals surface area contributed by atoms with Crippen molar-refractivity contribution in [3.63, 3.8) is 0 Å². The zero-order chi connectivity index (χ0) is 23.5. The molecular weight excluding hydrogens is 430 g/mol. The summed E-state index contributed by atoms with van der Waals surface area (Å²) in [6.45, 7) is 4.80. The average Bonchev–Trinajstić information content (AvgIpc) is 3.53. The minimum absolute atomic E-state index is 0.314. The Hall–Kier alpha value is -4.00. The first-order valence-corrected chi connectivity index (χ1v) is 11.1. The Labute approximate surface area is 197 Å². The van der Waals surface area contributed by atoms with Crippen LogP contribution in [-0.2, 0) is 11.8 Å². The van der Waals surface area contributed by atoms with Crippen LogP contribution in [0.15, 0.2) is 55.0 Å². The molecule has 9 heteroatoms. The Bertz CT molecular complexity index is 1360. The monoisotopic (exact) mass is 455 g/mol. The number of hydrogen-bond acceptors (Lipinski definition) is 7. The van der Waals surface area contributed by atoms with Gasteiger partial charge in [-0.2, -0.15) is 10.2 Å². The normalized spacial score (nSPS) is 14.5. The van der Waals surface area contributed by atoms with Crippen LogP contribution in [-0.4, -0.2) is 60.9 Å². The van der Waals surface area contributed by atoms with Crippen LogP contribution in [0.2, 0.25) is 0 Å². The predicted molar refractivity (Wildman–Crippen MR) is 127 cm³/mol. The fraction of sp³-hybridized carbons (Fsp3) is 0.280. The van der Waals surface area contributed by atoms with Crippen molar-refractivity contribution >= 4 is 5.82 Å². The molecule has 0 aliphatic carbocycles. The van der Waals surface area contributed by atoms with E-state index in [-0.39, 0.29) is 0 Å². The maximum Gasteiger partial charge on any atom is 0.208 e. The lowest BCUT2D eigenvalue weighted by molar-refractivity contribution is 0.122. The number of benzene rings is 1. The van der Waals surface area contributed by atoms with E-state index in [9.17, 15) is 5.11 Å². The molecule has 0 spiro atoms. The third-order valence-electron chi connectivity index (χ3n) is 5.53. The van der Waals surface area contributed by atoms with Crippen molar-refractivity contribution in [3.8, 4) is 28.9 Å². The molecule has 1 aromatic carbocycles. The number of aryl methyl sites for hydroxylation is 2. The van der Waals surface area contributed by atoms with Gasteiger partial charge in [-0.15, -0.1) is 0 Å². The summed E-state index contributed by atoms with van der Waals surface area (Å²) in [5.41, 5.74) is 3.69. The van der Waals surface area contributed by atoms with Crippen LogP contribution in [0, 0.1) is 18.8 Å². The quantitative estimate of drug-likeness (QED) is 0.472. The highest BCUT2D eigenvalue weighted by atomic mass is 16.5. The van der Waals surface area contributed by atoms with Crippen molar-refractivity contribution in [2.24, 2.45) is 7.05 Å². The second-order valence-electron chi connectivity index (χ2n) is 8.14. The first-order chi connectivity index (χ1) is 16.5. The van der Waals surface area contributed by atoms with Crippen molar-refractivity contribution in [1.82, 2.24) is 29.5 Å². The maximum atomic E-state index is 10.4. The summed E-state index contributed by atoms with van der Waals surface area (Å²) in [4.78, 5) is 11.4. The molecule has 1 fully saturated rings. The standard InChI is InChI=1S/C25H25N7O2/c1-18-4-3-5-19(14-18)21-8-9-32(29-21)25-15-24(31-10-12-34-13-11-31)27-23(28-25)7-6-22(33)20-16-26-30(2)17-20/h3-5,8-9,14-17,22,33H,10-13H2,1-2H3. The van der Waals surface area contributed by atoms with Crippen LogP contribution >= 0.6 is 0 Å². The van der Waals surface area contributed by atoms with Gasteiger partial charge in [-0.25, -0.2) is 14.6 Å². The highest BCUT2D eigenvalue weighted by Gasteiger charge is 2.16. The first-order valence-electron chi connectivity index (χ1n) is 11.1. The molecule has 5 rings (SSSR count). The number of aliphatic hydroxyl groups is 1. The lowest BCUT2D eigenvalue weighted by Crippen LogP contribution is -2.37. The number of morpholine rings is 1. The molecule has 4 heterocycles. The van der Waals surface area contributed by atoms with Crippen LogP contribution in [0.3, 0.4) is 0 Å². The lowest BCUT2D eigenvalue weighted by Gasteiger charge is -2.28. The summed E-state index contributed by atoms with van der Waals surface area (Å²) >= 11 is 0. The van der Waals surface area contributed by atoms with E-state index in [0.29, 0.717) is 30.4 Å². The van der Waals surface area contributed by atoms with Gasteiger partial charge in [0.15, 0.2) is 5.82 Å². The molecule has 3 aromatic heterocycles. The molecule has 34 heavy (non-hydrogen) atoms. The molecule has 1 saturated heterocycles. The molecule has 0 radical (unpaired) electrons. The Balaban J connectivity index is 1.50. The highest BCUT2D eigenvalue weighted by Crippen LogP contribution is 2.21. The van der Waals surface area contributed by atoms with Crippen LogP contribution < -0.4 is 4.90 Å². The van der Waals surface area contributed by atoms with Gasteiger partial charge in [0.2, 0.25) is 5.82 Å². The third kappa shape index (κ3) is 4.83. The van der Waals surface area contributed by atoms with E-state index < -0.39 is 6.10 Å². The summed E-state index contributed by atoms with van der Waals surface area (Å²) in [7, 11) is 1.79. The summed E-state index contributed by atoms with van der Waals surface area (Å²) < 4.78 is 8.84. The largest absolute Gasteiger partial charge is 0.378 e. The van der Waals surface area contributed by atoms with Gasteiger partial charge in [-0.1, -0.05) is 29.7 Å². The van der Waals surface area contributed by atoms with E-state index in [1.54, 1.807) is 28.8 Å². The minimum atomic E-state index is -0.981. The zero-order valence-corrected chi connectivity index (χ0v) is 19.1. The molecule has 0 saturated carbocycles. The SMILES string of the molecule is Cc1cccc(-c2ccn(-c3cc(N4CCOCC4)nc(C#CC(O)c4cnn(C)c4)n3)n2)c1. The summed E-state index contributed by atoms with van der Waals surface area (Å²) in [5.74, 6) is 7.43. The number of ether oxygens (including phenoxy) is 1. The van der Waals surface area contributed by atoms with Gasteiger partial charge >= 0.3 is 0 Å². The average molecular weight is 456 g/mol. The Kier molecular flexibility index (Phi) is 6.08. The fourth-order valence-corrected chi connectivity index (χ4v) is 3.76. The molecule has 1 aliphatic heterocycles. The molecule has 0 bridgehead atoms.